The Morgan fingerprint density at radius 2 is 1.00 bits per heavy atom. The number of hydrogen-bond donors (Lipinski definition) is 2. The van der Waals surface area contributed by atoms with Gasteiger partial charge < -0.3 is 21.3 Å². The highest BCUT2D eigenvalue weighted by Gasteiger charge is 2.06. The maximum absolute atomic E-state index is 5.61. The lowest BCUT2D eigenvalue weighted by Gasteiger charge is -2.26. The van der Waals surface area contributed by atoms with Crippen LogP contribution >= 0.6 is 0 Å². The molecule has 98 valence electrons. The number of hydrogen-bond acceptors (Lipinski definition) is 4. The van der Waals surface area contributed by atoms with Crippen molar-refractivity contribution in [1.29, 1.82) is 0 Å². The molecule has 4 N–H and O–H groups in total. The molecule has 0 aromatic rings. The molecule has 0 atom stereocenters. The van der Waals surface area contributed by atoms with Crippen molar-refractivity contribution in [2.75, 3.05) is 52.4 Å². The van der Waals surface area contributed by atoms with Crippen molar-refractivity contribution in [3.63, 3.8) is 0 Å². The lowest BCUT2D eigenvalue weighted by Crippen LogP contribution is -2.40. The van der Waals surface area contributed by atoms with Crippen LogP contribution in [0.4, 0.5) is 0 Å². The molecule has 0 aromatic heterocycles. The molecule has 0 heterocycles. The van der Waals surface area contributed by atoms with Gasteiger partial charge in [0.15, 0.2) is 0 Å². The molecule has 0 radical (unpaired) electrons. The van der Waals surface area contributed by atoms with E-state index in [9.17, 15) is 0 Å². The Balaban J connectivity index is 3.83. The summed E-state index contributed by atoms with van der Waals surface area (Å²) in [5.74, 6) is 0. The summed E-state index contributed by atoms with van der Waals surface area (Å²) >= 11 is 0. The Morgan fingerprint density at radius 3 is 1.25 bits per heavy atom. The van der Waals surface area contributed by atoms with Crippen LogP contribution in [0.5, 0.6) is 0 Å². The van der Waals surface area contributed by atoms with Crippen LogP contribution in [0.15, 0.2) is 0 Å². The molecule has 4 nitrogen and oxygen atoms in total. The SMILES string of the molecule is CCCN(CCN)CCN(CCC)CCN. The first-order valence-corrected chi connectivity index (χ1v) is 6.63. The van der Waals surface area contributed by atoms with Crippen LogP contribution in [0.2, 0.25) is 0 Å². The third-order valence-corrected chi connectivity index (χ3v) is 2.70. The first-order valence-electron chi connectivity index (χ1n) is 6.63. The summed E-state index contributed by atoms with van der Waals surface area (Å²) in [6, 6.07) is 0. The van der Waals surface area contributed by atoms with Crippen molar-refractivity contribution >= 4 is 0 Å². The van der Waals surface area contributed by atoms with E-state index in [2.05, 4.69) is 23.6 Å². The molecular formula is C12H30N4. The van der Waals surface area contributed by atoms with Crippen LogP contribution in [0.1, 0.15) is 26.7 Å². The van der Waals surface area contributed by atoms with E-state index >= 15 is 0 Å². The molecule has 16 heavy (non-hydrogen) atoms. The van der Waals surface area contributed by atoms with Gasteiger partial charge in [0.2, 0.25) is 0 Å². The van der Waals surface area contributed by atoms with Gasteiger partial charge in [-0.25, -0.2) is 0 Å². The fourth-order valence-electron chi connectivity index (χ4n) is 1.95. The van der Waals surface area contributed by atoms with Gasteiger partial charge in [-0.15, -0.1) is 0 Å². The summed E-state index contributed by atoms with van der Waals surface area (Å²) in [4.78, 5) is 4.89. The standard InChI is InChI=1S/C12H30N4/c1-3-7-15(9-5-13)11-12-16(8-4-2)10-6-14/h3-14H2,1-2H3. The van der Waals surface area contributed by atoms with Gasteiger partial charge in [-0.05, 0) is 25.9 Å². The smallest absolute Gasteiger partial charge is 0.0110 e. The topological polar surface area (TPSA) is 58.5 Å². The van der Waals surface area contributed by atoms with E-state index in [1.165, 1.54) is 12.8 Å². The van der Waals surface area contributed by atoms with Crippen LogP contribution in [0.25, 0.3) is 0 Å². The third kappa shape index (κ3) is 8.05. The van der Waals surface area contributed by atoms with E-state index in [1.54, 1.807) is 0 Å². The molecule has 0 aromatic carbocycles. The van der Waals surface area contributed by atoms with Crippen molar-refractivity contribution in [2.24, 2.45) is 11.5 Å². The van der Waals surface area contributed by atoms with Crippen molar-refractivity contribution in [3.8, 4) is 0 Å². The van der Waals surface area contributed by atoms with Gasteiger partial charge in [0.25, 0.3) is 0 Å². The first kappa shape index (κ1) is 15.8. The lowest BCUT2D eigenvalue weighted by molar-refractivity contribution is 0.209. The highest BCUT2D eigenvalue weighted by atomic mass is 15.2. The fourth-order valence-corrected chi connectivity index (χ4v) is 1.95. The zero-order valence-electron chi connectivity index (χ0n) is 11.1. The second-order valence-electron chi connectivity index (χ2n) is 4.26. The van der Waals surface area contributed by atoms with Crippen LogP contribution < -0.4 is 11.5 Å². The maximum Gasteiger partial charge on any atom is 0.0110 e. The lowest BCUT2D eigenvalue weighted by atomic mass is 10.3. The molecule has 0 aliphatic carbocycles. The summed E-state index contributed by atoms with van der Waals surface area (Å²) in [5.41, 5.74) is 11.2. The Labute approximate surface area is 101 Å². The van der Waals surface area contributed by atoms with E-state index in [0.717, 1.165) is 52.4 Å². The van der Waals surface area contributed by atoms with Crippen molar-refractivity contribution < 1.29 is 0 Å². The van der Waals surface area contributed by atoms with Gasteiger partial charge in [0.1, 0.15) is 0 Å². The number of nitrogens with two attached hydrogens (primary N) is 2. The van der Waals surface area contributed by atoms with E-state index in [0.29, 0.717) is 0 Å². The average molecular weight is 230 g/mol. The van der Waals surface area contributed by atoms with Gasteiger partial charge in [-0.2, -0.15) is 0 Å². The molecule has 0 amide bonds. The van der Waals surface area contributed by atoms with E-state index in [-0.39, 0.29) is 0 Å². The molecule has 0 saturated heterocycles. The van der Waals surface area contributed by atoms with Gasteiger partial charge in [0, 0.05) is 39.3 Å². The minimum Gasteiger partial charge on any atom is -0.329 e. The first-order chi connectivity index (χ1) is 7.78. The Morgan fingerprint density at radius 1 is 0.625 bits per heavy atom. The Hall–Kier alpha value is -0.160. The zero-order chi connectivity index (χ0) is 12.2. The molecule has 0 fully saturated rings. The second kappa shape index (κ2) is 11.3. The van der Waals surface area contributed by atoms with E-state index in [4.69, 9.17) is 11.5 Å². The third-order valence-electron chi connectivity index (χ3n) is 2.70. The van der Waals surface area contributed by atoms with Crippen molar-refractivity contribution in [3.05, 3.63) is 0 Å². The molecular weight excluding hydrogens is 200 g/mol. The summed E-state index contributed by atoms with van der Waals surface area (Å²) in [7, 11) is 0. The van der Waals surface area contributed by atoms with Crippen molar-refractivity contribution in [1.82, 2.24) is 9.80 Å². The van der Waals surface area contributed by atoms with Crippen LogP contribution in [-0.4, -0.2) is 62.2 Å². The highest BCUT2D eigenvalue weighted by molar-refractivity contribution is 4.63. The van der Waals surface area contributed by atoms with E-state index < -0.39 is 0 Å². The summed E-state index contributed by atoms with van der Waals surface area (Å²) in [6.07, 6.45) is 2.40. The number of nitrogens with zero attached hydrogens (tertiary/aromatic N) is 2. The molecule has 4 heteroatoms. The summed E-state index contributed by atoms with van der Waals surface area (Å²) < 4.78 is 0. The van der Waals surface area contributed by atoms with Gasteiger partial charge in [-0.3, -0.25) is 0 Å². The quantitative estimate of drug-likeness (QED) is 0.537. The molecule has 0 unspecified atom stereocenters. The fraction of sp³-hybridized carbons (Fsp3) is 1.00. The predicted molar refractivity (Wildman–Crippen MR) is 71.6 cm³/mol. The average Bonchev–Trinajstić information content (AvgIpc) is 2.27. The molecule has 0 bridgehead atoms. The normalized spacial score (nSPS) is 11.6. The minimum atomic E-state index is 0.755. The van der Waals surface area contributed by atoms with Crippen LogP contribution in [-0.2, 0) is 0 Å². The summed E-state index contributed by atoms with van der Waals surface area (Å²) in [5, 5.41) is 0. The van der Waals surface area contributed by atoms with Gasteiger partial charge in [0.05, 0.1) is 0 Å². The highest BCUT2D eigenvalue weighted by Crippen LogP contribution is 1.95. The molecule has 0 spiro atoms. The van der Waals surface area contributed by atoms with Crippen molar-refractivity contribution in [2.45, 2.75) is 26.7 Å². The second-order valence-corrected chi connectivity index (χ2v) is 4.26. The molecule has 0 aliphatic rings. The molecule has 0 rings (SSSR count). The van der Waals surface area contributed by atoms with Crippen LogP contribution in [0, 0.1) is 0 Å². The Bertz CT molecular complexity index is 113. The minimum absolute atomic E-state index is 0.755. The summed E-state index contributed by atoms with van der Waals surface area (Å²) in [6.45, 7) is 12.5. The Kier molecular flexibility index (Phi) is 11.2. The maximum atomic E-state index is 5.61. The zero-order valence-corrected chi connectivity index (χ0v) is 11.1. The number of rotatable bonds is 11. The molecule has 0 aliphatic heterocycles. The van der Waals surface area contributed by atoms with E-state index in [1.807, 2.05) is 0 Å². The largest absolute Gasteiger partial charge is 0.329 e. The van der Waals surface area contributed by atoms with Crippen LogP contribution in [0.3, 0.4) is 0 Å². The monoisotopic (exact) mass is 230 g/mol. The van der Waals surface area contributed by atoms with Gasteiger partial charge in [-0.1, -0.05) is 13.8 Å². The predicted octanol–water partition coefficient (Wildman–Crippen LogP) is 0.328. The van der Waals surface area contributed by atoms with Gasteiger partial charge >= 0.3 is 0 Å². The molecule has 0 saturated carbocycles.